The fraction of sp³-hybridized carbons (Fsp3) is 0.667. The summed E-state index contributed by atoms with van der Waals surface area (Å²) in [4.78, 5) is 11.8. The quantitative estimate of drug-likeness (QED) is 0.803. The summed E-state index contributed by atoms with van der Waals surface area (Å²) in [5.74, 6) is -0.276. The molecule has 0 radical (unpaired) electrons. The number of rotatable bonds is 3. The lowest BCUT2D eigenvalue weighted by molar-refractivity contribution is -0.123. The summed E-state index contributed by atoms with van der Waals surface area (Å²) in [6.07, 6.45) is 1.06. The molecule has 1 amide bonds. The highest BCUT2D eigenvalue weighted by Crippen LogP contribution is 2.29. The number of nitrogens with zero attached hydrogens (tertiary/aromatic N) is 4. The van der Waals surface area contributed by atoms with Crippen molar-refractivity contribution in [2.75, 3.05) is 6.54 Å². The van der Waals surface area contributed by atoms with Crippen molar-refractivity contribution in [3.05, 3.63) is 4.60 Å². The molecular formula is C9H13BrN4O3S. The largest absolute Gasteiger partial charge is 0.286 e. The number of sulfonamides is 1. The predicted molar refractivity (Wildman–Crippen MR) is 66.0 cm³/mol. The third-order valence-corrected chi connectivity index (χ3v) is 5.69. The van der Waals surface area contributed by atoms with Gasteiger partial charge in [-0.2, -0.15) is 8.42 Å². The van der Waals surface area contributed by atoms with Crippen LogP contribution in [-0.2, 0) is 21.9 Å². The Hall–Kier alpha value is -0.960. The third-order valence-electron chi connectivity index (χ3n) is 3.01. The van der Waals surface area contributed by atoms with E-state index in [4.69, 9.17) is 0 Å². The Bertz CT molecular complexity index is 563. The third kappa shape index (κ3) is 2.05. The van der Waals surface area contributed by atoms with Gasteiger partial charge in [0, 0.05) is 20.0 Å². The first-order valence-corrected chi connectivity index (χ1v) is 7.72. The Balaban J connectivity index is 2.42. The molecule has 1 saturated heterocycles. The minimum absolute atomic E-state index is 0.0900. The average molecular weight is 337 g/mol. The molecule has 1 aliphatic rings. The number of amides is 1. The van der Waals surface area contributed by atoms with Crippen molar-refractivity contribution < 1.29 is 13.2 Å². The zero-order chi connectivity index (χ0) is 13.5. The molecule has 100 valence electrons. The molecule has 1 unspecified atom stereocenters. The van der Waals surface area contributed by atoms with Crippen LogP contribution in [0.15, 0.2) is 9.63 Å². The fourth-order valence-electron chi connectivity index (χ4n) is 1.96. The zero-order valence-corrected chi connectivity index (χ0v) is 12.4. The molecule has 9 heteroatoms. The molecule has 0 spiro atoms. The second-order valence-corrected chi connectivity index (χ2v) is 6.75. The summed E-state index contributed by atoms with van der Waals surface area (Å²) in [7, 11) is -2.40. The summed E-state index contributed by atoms with van der Waals surface area (Å²) in [5.41, 5.74) is 0. The maximum Gasteiger partial charge on any atom is 0.286 e. The molecule has 1 aromatic rings. The van der Waals surface area contributed by atoms with E-state index in [1.807, 2.05) is 6.92 Å². The molecule has 7 nitrogen and oxygen atoms in total. The number of hydrogen-bond acceptors (Lipinski definition) is 5. The van der Waals surface area contributed by atoms with Crippen LogP contribution in [0.25, 0.3) is 0 Å². The molecule has 1 fully saturated rings. The number of carbonyl (C=O) groups excluding carboxylic acids is 1. The van der Waals surface area contributed by atoms with Gasteiger partial charge in [-0.25, -0.2) is 8.99 Å². The minimum Gasteiger partial charge on any atom is -0.274 e. The van der Waals surface area contributed by atoms with E-state index in [1.54, 1.807) is 0 Å². The first-order chi connectivity index (χ1) is 8.37. The highest BCUT2D eigenvalue weighted by atomic mass is 79.9. The van der Waals surface area contributed by atoms with Gasteiger partial charge >= 0.3 is 0 Å². The highest BCUT2D eigenvalue weighted by Gasteiger charge is 2.40. The average Bonchev–Trinajstić information content (AvgIpc) is 2.82. The van der Waals surface area contributed by atoms with E-state index in [1.165, 1.54) is 7.05 Å². The molecule has 0 aromatic carbocycles. The van der Waals surface area contributed by atoms with Crippen LogP contribution in [0, 0.1) is 5.92 Å². The van der Waals surface area contributed by atoms with Crippen molar-refractivity contribution in [3.63, 3.8) is 0 Å². The van der Waals surface area contributed by atoms with Crippen molar-refractivity contribution >= 4 is 31.9 Å². The molecule has 1 atom stereocenters. The predicted octanol–water partition coefficient (Wildman–Crippen LogP) is 0.525. The van der Waals surface area contributed by atoms with Gasteiger partial charge in [-0.3, -0.25) is 4.79 Å². The van der Waals surface area contributed by atoms with E-state index < -0.39 is 10.0 Å². The summed E-state index contributed by atoms with van der Waals surface area (Å²) < 4.78 is 27.0. The van der Waals surface area contributed by atoms with E-state index in [0.717, 1.165) is 15.4 Å². The Morgan fingerprint density at radius 3 is 2.61 bits per heavy atom. The van der Waals surface area contributed by atoms with Gasteiger partial charge in [-0.15, -0.1) is 5.10 Å². The Kier molecular flexibility index (Phi) is 3.45. The Morgan fingerprint density at radius 2 is 2.17 bits per heavy atom. The molecule has 0 saturated carbocycles. The summed E-state index contributed by atoms with van der Waals surface area (Å²) >= 11 is 3.04. The minimum atomic E-state index is -3.87. The van der Waals surface area contributed by atoms with Crippen molar-refractivity contribution in [1.29, 1.82) is 0 Å². The molecule has 0 N–H and O–H groups in total. The molecule has 0 aliphatic carbocycles. The molecule has 1 aliphatic heterocycles. The molecule has 2 rings (SSSR count). The van der Waals surface area contributed by atoms with E-state index in [2.05, 4.69) is 26.2 Å². The first kappa shape index (κ1) is 13.5. The van der Waals surface area contributed by atoms with Gasteiger partial charge in [0.15, 0.2) is 4.60 Å². The Morgan fingerprint density at radius 1 is 1.50 bits per heavy atom. The highest BCUT2D eigenvalue weighted by molar-refractivity contribution is 9.10. The molecular weight excluding hydrogens is 324 g/mol. The van der Waals surface area contributed by atoms with Gasteiger partial charge in [0.25, 0.3) is 10.0 Å². The monoisotopic (exact) mass is 336 g/mol. The van der Waals surface area contributed by atoms with Gasteiger partial charge in [0.05, 0.1) is 0 Å². The first-order valence-electron chi connectivity index (χ1n) is 5.48. The van der Waals surface area contributed by atoms with E-state index in [9.17, 15) is 13.2 Å². The number of aromatic nitrogens is 3. The zero-order valence-electron chi connectivity index (χ0n) is 10.00. The van der Waals surface area contributed by atoms with Crippen LogP contribution in [-0.4, -0.2) is 40.2 Å². The van der Waals surface area contributed by atoms with Crippen molar-refractivity contribution in [2.24, 2.45) is 13.0 Å². The second-order valence-electron chi connectivity index (χ2n) is 4.22. The fourth-order valence-corrected chi connectivity index (χ4v) is 4.48. The van der Waals surface area contributed by atoms with Crippen molar-refractivity contribution in [3.8, 4) is 0 Å². The van der Waals surface area contributed by atoms with E-state index >= 15 is 0 Å². The van der Waals surface area contributed by atoms with Gasteiger partial charge in [-0.1, -0.05) is 18.6 Å². The van der Waals surface area contributed by atoms with Crippen LogP contribution >= 0.6 is 15.9 Å². The normalized spacial score (nSPS) is 20.7. The van der Waals surface area contributed by atoms with Gasteiger partial charge < -0.3 is 0 Å². The number of carbonyl (C=O) groups is 1. The summed E-state index contributed by atoms with van der Waals surface area (Å²) in [5, 5.41) is 7.16. The van der Waals surface area contributed by atoms with Gasteiger partial charge in [-0.05, 0) is 21.8 Å². The number of hydrogen-bond donors (Lipinski definition) is 0. The summed E-state index contributed by atoms with van der Waals surface area (Å²) in [6.45, 7) is 2.17. The van der Waals surface area contributed by atoms with Crippen LogP contribution < -0.4 is 0 Å². The second kappa shape index (κ2) is 4.61. The Labute approximate surface area is 113 Å². The van der Waals surface area contributed by atoms with Gasteiger partial charge in [0.1, 0.15) is 0 Å². The van der Waals surface area contributed by atoms with Crippen molar-refractivity contribution in [2.45, 2.75) is 24.8 Å². The van der Waals surface area contributed by atoms with Crippen molar-refractivity contribution in [1.82, 2.24) is 19.3 Å². The standard InChI is InChI=1S/C9H13BrN4O3S/c1-3-6-4-7(15)14(5-6)18(16,17)9-8(10)11-12-13(9)2/h6H,3-5H2,1-2H3. The molecule has 1 aromatic heterocycles. The van der Waals surface area contributed by atoms with Crippen LogP contribution in [0.5, 0.6) is 0 Å². The SMILES string of the molecule is CCC1CC(=O)N(S(=O)(=O)c2c(Br)nnn2C)C1. The number of halogens is 1. The van der Waals surface area contributed by atoms with Crippen LogP contribution in [0.4, 0.5) is 0 Å². The maximum atomic E-state index is 12.4. The molecule has 0 bridgehead atoms. The van der Waals surface area contributed by atoms with E-state index in [-0.39, 0.29) is 34.4 Å². The lowest BCUT2D eigenvalue weighted by atomic mass is 10.1. The molecule has 18 heavy (non-hydrogen) atoms. The molecule has 2 heterocycles. The van der Waals surface area contributed by atoms with Crippen LogP contribution in [0.3, 0.4) is 0 Å². The lowest BCUT2D eigenvalue weighted by Crippen LogP contribution is -2.34. The topological polar surface area (TPSA) is 85.2 Å². The smallest absolute Gasteiger partial charge is 0.274 e. The van der Waals surface area contributed by atoms with Crippen LogP contribution in [0.1, 0.15) is 19.8 Å². The summed E-state index contributed by atoms with van der Waals surface area (Å²) in [6, 6.07) is 0. The van der Waals surface area contributed by atoms with E-state index in [0.29, 0.717) is 0 Å². The van der Waals surface area contributed by atoms with Crippen LogP contribution in [0.2, 0.25) is 0 Å². The maximum absolute atomic E-state index is 12.4. The number of aryl methyl sites for hydroxylation is 1. The van der Waals surface area contributed by atoms with Gasteiger partial charge in [0.2, 0.25) is 10.9 Å². The lowest BCUT2D eigenvalue weighted by Gasteiger charge is -2.16.